The highest BCUT2D eigenvalue weighted by Crippen LogP contribution is 2.27. The minimum atomic E-state index is -0.964. The van der Waals surface area contributed by atoms with Gasteiger partial charge in [-0.15, -0.1) is 0 Å². The number of rotatable bonds is 2. The van der Waals surface area contributed by atoms with Crippen LogP contribution in [0.15, 0.2) is 42.5 Å². The molecule has 0 atom stereocenters. The zero-order valence-corrected chi connectivity index (χ0v) is 11.8. The average molecular weight is 302 g/mol. The van der Waals surface area contributed by atoms with Gasteiger partial charge in [0.1, 0.15) is 0 Å². The Kier molecular flexibility index (Phi) is 3.39. The van der Waals surface area contributed by atoms with Crippen LogP contribution >= 0.6 is 11.6 Å². The van der Waals surface area contributed by atoms with Crippen molar-refractivity contribution < 1.29 is 14.7 Å². The molecule has 0 bridgehead atoms. The Bertz CT molecular complexity index is 742. The number of aromatic carboxylic acids is 1. The number of amides is 1. The zero-order valence-electron chi connectivity index (χ0n) is 11.0. The molecular weight excluding hydrogens is 290 g/mol. The molecule has 1 aliphatic rings. The van der Waals surface area contributed by atoms with E-state index in [1.165, 1.54) is 0 Å². The first kappa shape index (κ1) is 13.6. The second kappa shape index (κ2) is 5.22. The van der Waals surface area contributed by atoms with Gasteiger partial charge in [-0.25, -0.2) is 4.79 Å². The summed E-state index contributed by atoms with van der Waals surface area (Å²) >= 11 is 6.05. The molecule has 3 rings (SSSR count). The van der Waals surface area contributed by atoms with Gasteiger partial charge in [-0.1, -0.05) is 29.8 Å². The Morgan fingerprint density at radius 3 is 2.48 bits per heavy atom. The first-order chi connectivity index (χ1) is 10.1. The summed E-state index contributed by atoms with van der Waals surface area (Å²) in [4.78, 5) is 25.1. The third kappa shape index (κ3) is 2.50. The topological polar surface area (TPSA) is 57.6 Å². The van der Waals surface area contributed by atoms with E-state index in [1.54, 1.807) is 47.4 Å². The lowest BCUT2D eigenvalue weighted by molar-refractivity contribution is 0.0696. The van der Waals surface area contributed by atoms with Crippen molar-refractivity contribution in [1.29, 1.82) is 0 Å². The Morgan fingerprint density at radius 2 is 1.76 bits per heavy atom. The molecule has 21 heavy (non-hydrogen) atoms. The fourth-order valence-corrected chi connectivity index (χ4v) is 2.69. The number of hydrogen-bond acceptors (Lipinski definition) is 2. The van der Waals surface area contributed by atoms with Gasteiger partial charge in [0.15, 0.2) is 0 Å². The fourth-order valence-electron chi connectivity index (χ4n) is 2.48. The highest BCUT2D eigenvalue weighted by molar-refractivity contribution is 6.33. The SMILES string of the molecule is O=C(O)c1ccc2c(c1)CN(C(=O)c1ccccc1Cl)C2. The third-order valence-electron chi connectivity index (χ3n) is 3.57. The molecule has 106 valence electrons. The van der Waals surface area contributed by atoms with Crippen LogP contribution in [0.25, 0.3) is 0 Å². The predicted octanol–water partition coefficient (Wildman–Crippen LogP) is 3.19. The number of carbonyl (C=O) groups excluding carboxylic acids is 1. The zero-order chi connectivity index (χ0) is 15.0. The van der Waals surface area contributed by atoms with Gasteiger partial charge < -0.3 is 10.0 Å². The molecule has 4 nitrogen and oxygen atoms in total. The summed E-state index contributed by atoms with van der Waals surface area (Å²) in [5, 5.41) is 9.43. The van der Waals surface area contributed by atoms with E-state index in [0.29, 0.717) is 23.7 Å². The number of fused-ring (bicyclic) bond motifs is 1. The van der Waals surface area contributed by atoms with Crippen LogP contribution in [0, 0.1) is 0 Å². The molecule has 1 heterocycles. The Morgan fingerprint density at radius 1 is 1.05 bits per heavy atom. The number of carbonyl (C=O) groups is 2. The van der Waals surface area contributed by atoms with Crippen LogP contribution in [0.4, 0.5) is 0 Å². The molecule has 2 aromatic rings. The van der Waals surface area contributed by atoms with Crippen LogP contribution in [0.3, 0.4) is 0 Å². The summed E-state index contributed by atoms with van der Waals surface area (Å²) in [6.45, 7) is 0.875. The van der Waals surface area contributed by atoms with E-state index in [0.717, 1.165) is 11.1 Å². The quantitative estimate of drug-likeness (QED) is 0.926. The number of halogens is 1. The molecule has 0 radical (unpaired) electrons. The minimum absolute atomic E-state index is 0.145. The maximum Gasteiger partial charge on any atom is 0.335 e. The molecule has 1 aliphatic heterocycles. The Labute approximate surface area is 126 Å². The molecule has 2 aromatic carbocycles. The second-order valence-electron chi connectivity index (χ2n) is 4.93. The van der Waals surface area contributed by atoms with Crippen LogP contribution in [0.5, 0.6) is 0 Å². The average Bonchev–Trinajstić information content (AvgIpc) is 2.89. The predicted molar refractivity (Wildman–Crippen MR) is 78.4 cm³/mol. The molecule has 0 unspecified atom stereocenters. The molecule has 0 aliphatic carbocycles. The molecule has 0 saturated carbocycles. The number of nitrogens with zero attached hydrogens (tertiary/aromatic N) is 1. The van der Waals surface area contributed by atoms with Gasteiger partial charge in [-0.3, -0.25) is 4.79 Å². The van der Waals surface area contributed by atoms with Crippen molar-refractivity contribution in [2.75, 3.05) is 0 Å². The van der Waals surface area contributed by atoms with E-state index < -0.39 is 5.97 Å². The number of hydrogen-bond donors (Lipinski definition) is 1. The van der Waals surface area contributed by atoms with Gasteiger partial charge in [0.05, 0.1) is 16.1 Å². The van der Waals surface area contributed by atoms with E-state index in [2.05, 4.69) is 0 Å². The van der Waals surface area contributed by atoms with E-state index in [4.69, 9.17) is 16.7 Å². The van der Waals surface area contributed by atoms with E-state index in [9.17, 15) is 9.59 Å². The largest absolute Gasteiger partial charge is 0.478 e. The normalized spacial score (nSPS) is 13.1. The van der Waals surface area contributed by atoms with E-state index in [1.807, 2.05) is 0 Å². The first-order valence-electron chi connectivity index (χ1n) is 6.45. The molecule has 0 saturated heterocycles. The third-order valence-corrected chi connectivity index (χ3v) is 3.90. The lowest BCUT2D eigenvalue weighted by atomic mass is 10.1. The maximum atomic E-state index is 12.5. The van der Waals surface area contributed by atoms with Crippen molar-refractivity contribution in [2.45, 2.75) is 13.1 Å². The molecule has 0 fully saturated rings. The van der Waals surface area contributed by atoms with Gasteiger partial charge in [-0.2, -0.15) is 0 Å². The highest BCUT2D eigenvalue weighted by atomic mass is 35.5. The van der Waals surface area contributed by atoms with E-state index >= 15 is 0 Å². The lowest BCUT2D eigenvalue weighted by Gasteiger charge is -2.16. The van der Waals surface area contributed by atoms with Gasteiger partial charge in [-0.05, 0) is 35.4 Å². The molecule has 1 N–H and O–H groups in total. The molecule has 1 amide bonds. The van der Waals surface area contributed by atoms with E-state index in [-0.39, 0.29) is 11.5 Å². The van der Waals surface area contributed by atoms with Crippen LogP contribution in [0.2, 0.25) is 5.02 Å². The monoisotopic (exact) mass is 301 g/mol. The van der Waals surface area contributed by atoms with Gasteiger partial charge >= 0.3 is 5.97 Å². The van der Waals surface area contributed by atoms with Crippen molar-refractivity contribution in [3.8, 4) is 0 Å². The number of carboxylic acids is 1. The summed E-state index contributed by atoms with van der Waals surface area (Å²) in [7, 11) is 0. The van der Waals surface area contributed by atoms with Crippen LogP contribution < -0.4 is 0 Å². The summed E-state index contributed by atoms with van der Waals surface area (Å²) in [5.74, 6) is -1.11. The van der Waals surface area contributed by atoms with Crippen molar-refractivity contribution in [1.82, 2.24) is 4.90 Å². The fraction of sp³-hybridized carbons (Fsp3) is 0.125. The summed E-state index contributed by atoms with van der Waals surface area (Å²) in [6, 6.07) is 11.9. The van der Waals surface area contributed by atoms with Crippen LogP contribution in [0.1, 0.15) is 31.8 Å². The maximum absolute atomic E-state index is 12.5. The molecule has 5 heteroatoms. The minimum Gasteiger partial charge on any atom is -0.478 e. The molecule has 0 spiro atoms. The standard InChI is InChI=1S/C16H12ClNO3/c17-14-4-2-1-3-13(14)15(19)18-8-11-6-5-10(16(20)21)7-12(11)9-18/h1-7H,8-9H2,(H,20,21). The second-order valence-corrected chi connectivity index (χ2v) is 5.34. The van der Waals surface area contributed by atoms with Crippen molar-refractivity contribution in [3.05, 3.63) is 69.7 Å². The van der Waals surface area contributed by atoms with Gasteiger partial charge in [0.25, 0.3) is 5.91 Å². The number of benzene rings is 2. The lowest BCUT2D eigenvalue weighted by Crippen LogP contribution is -2.25. The summed E-state index contributed by atoms with van der Waals surface area (Å²) in [6.07, 6.45) is 0. The molecular formula is C16H12ClNO3. The van der Waals surface area contributed by atoms with Crippen molar-refractivity contribution >= 4 is 23.5 Å². The van der Waals surface area contributed by atoms with Gasteiger partial charge in [0, 0.05) is 13.1 Å². The Balaban J connectivity index is 1.86. The summed E-state index contributed by atoms with van der Waals surface area (Å²) < 4.78 is 0. The molecule has 0 aromatic heterocycles. The van der Waals surface area contributed by atoms with Crippen molar-refractivity contribution in [3.63, 3.8) is 0 Å². The highest BCUT2D eigenvalue weighted by Gasteiger charge is 2.26. The van der Waals surface area contributed by atoms with Gasteiger partial charge in [0.2, 0.25) is 0 Å². The van der Waals surface area contributed by atoms with Crippen molar-refractivity contribution in [2.24, 2.45) is 0 Å². The smallest absolute Gasteiger partial charge is 0.335 e. The number of carboxylic acid groups (broad SMARTS) is 1. The summed E-state index contributed by atoms with van der Waals surface area (Å²) in [5.41, 5.74) is 2.54. The van der Waals surface area contributed by atoms with Crippen LogP contribution in [-0.2, 0) is 13.1 Å². The Hall–Kier alpha value is -2.33. The van der Waals surface area contributed by atoms with Crippen LogP contribution in [-0.4, -0.2) is 21.9 Å². The first-order valence-corrected chi connectivity index (χ1v) is 6.83.